The first-order valence-electron chi connectivity index (χ1n) is 5.68. The molecule has 1 aromatic carbocycles. The summed E-state index contributed by atoms with van der Waals surface area (Å²) in [6, 6.07) is 5.78. The number of carboxylic acid groups (broad SMARTS) is 1. The van der Waals surface area contributed by atoms with Gasteiger partial charge < -0.3 is 9.84 Å². The number of rotatable bonds is 4. The van der Waals surface area contributed by atoms with E-state index in [1.807, 2.05) is 25.1 Å². The summed E-state index contributed by atoms with van der Waals surface area (Å²) in [5.74, 6) is -0.00591. The number of halogens is 1. The van der Waals surface area contributed by atoms with Crippen LogP contribution in [0.15, 0.2) is 22.7 Å². The first-order valence-corrected chi connectivity index (χ1v) is 6.47. The largest absolute Gasteiger partial charge is 0.486 e. The van der Waals surface area contributed by atoms with E-state index in [4.69, 9.17) is 9.84 Å². The van der Waals surface area contributed by atoms with Crippen LogP contribution in [0, 0.1) is 6.92 Å². The van der Waals surface area contributed by atoms with Crippen LogP contribution < -0.4 is 4.74 Å². The van der Waals surface area contributed by atoms with E-state index in [0.29, 0.717) is 0 Å². The molecule has 1 aliphatic carbocycles. The summed E-state index contributed by atoms with van der Waals surface area (Å²) < 4.78 is 6.94. The molecule has 1 aromatic rings. The van der Waals surface area contributed by atoms with E-state index >= 15 is 0 Å². The summed E-state index contributed by atoms with van der Waals surface area (Å²) in [7, 11) is 0. The number of benzene rings is 1. The van der Waals surface area contributed by atoms with Crippen molar-refractivity contribution in [3.63, 3.8) is 0 Å². The lowest BCUT2D eigenvalue weighted by Crippen LogP contribution is -2.45. The Morgan fingerprint density at radius 3 is 2.71 bits per heavy atom. The van der Waals surface area contributed by atoms with Crippen molar-refractivity contribution < 1.29 is 14.6 Å². The summed E-state index contributed by atoms with van der Waals surface area (Å²) in [4.78, 5) is 10.8. The van der Waals surface area contributed by atoms with Crippen LogP contribution in [0.1, 0.15) is 31.2 Å². The maximum absolute atomic E-state index is 10.8. The average molecular weight is 299 g/mol. The van der Waals surface area contributed by atoms with Crippen LogP contribution in [-0.2, 0) is 4.79 Å². The van der Waals surface area contributed by atoms with Gasteiger partial charge in [0.05, 0.1) is 6.42 Å². The fourth-order valence-corrected chi connectivity index (χ4v) is 2.60. The van der Waals surface area contributed by atoms with Gasteiger partial charge in [-0.25, -0.2) is 0 Å². The normalized spacial score (nSPS) is 17.3. The number of carboxylic acids is 1. The lowest BCUT2D eigenvalue weighted by atomic mass is 9.77. The van der Waals surface area contributed by atoms with E-state index in [-0.39, 0.29) is 6.42 Å². The molecular weight excluding hydrogens is 284 g/mol. The zero-order valence-electron chi connectivity index (χ0n) is 9.70. The highest BCUT2D eigenvalue weighted by atomic mass is 79.9. The van der Waals surface area contributed by atoms with Gasteiger partial charge in [0, 0.05) is 4.47 Å². The van der Waals surface area contributed by atoms with Crippen molar-refractivity contribution in [2.24, 2.45) is 0 Å². The van der Waals surface area contributed by atoms with E-state index in [2.05, 4.69) is 15.9 Å². The first kappa shape index (κ1) is 12.4. The van der Waals surface area contributed by atoms with E-state index in [9.17, 15) is 4.79 Å². The summed E-state index contributed by atoms with van der Waals surface area (Å²) in [5, 5.41) is 8.92. The van der Waals surface area contributed by atoms with Crippen molar-refractivity contribution in [3.05, 3.63) is 28.2 Å². The average Bonchev–Trinajstić information content (AvgIpc) is 2.18. The molecule has 0 atom stereocenters. The Morgan fingerprint density at radius 2 is 2.24 bits per heavy atom. The molecule has 1 aliphatic rings. The van der Waals surface area contributed by atoms with Crippen molar-refractivity contribution in [1.29, 1.82) is 0 Å². The van der Waals surface area contributed by atoms with E-state index in [1.54, 1.807) is 0 Å². The zero-order chi connectivity index (χ0) is 12.5. The number of carbonyl (C=O) groups is 1. The summed E-state index contributed by atoms with van der Waals surface area (Å²) in [6.07, 6.45) is 2.79. The number of hydrogen-bond acceptors (Lipinski definition) is 2. The molecule has 17 heavy (non-hydrogen) atoms. The van der Waals surface area contributed by atoms with Gasteiger partial charge in [0.15, 0.2) is 0 Å². The Balaban J connectivity index is 2.15. The minimum absolute atomic E-state index is 0.0858. The Bertz CT molecular complexity index is 438. The molecule has 0 heterocycles. The van der Waals surface area contributed by atoms with E-state index in [0.717, 1.165) is 35.0 Å². The van der Waals surface area contributed by atoms with Crippen LogP contribution >= 0.6 is 15.9 Å². The summed E-state index contributed by atoms with van der Waals surface area (Å²) >= 11 is 3.40. The molecule has 0 spiro atoms. The summed E-state index contributed by atoms with van der Waals surface area (Å²) in [5.41, 5.74) is 0.542. The van der Waals surface area contributed by atoms with Gasteiger partial charge in [-0.15, -0.1) is 0 Å². The van der Waals surface area contributed by atoms with Crippen molar-refractivity contribution in [1.82, 2.24) is 0 Å². The topological polar surface area (TPSA) is 46.5 Å². The number of aliphatic carboxylic acids is 1. The van der Waals surface area contributed by atoms with Crippen LogP contribution in [0.3, 0.4) is 0 Å². The predicted octanol–water partition coefficient (Wildman–Crippen LogP) is 3.53. The Morgan fingerprint density at radius 1 is 1.53 bits per heavy atom. The molecule has 0 bridgehead atoms. The third-order valence-electron chi connectivity index (χ3n) is 3.20. The molecule has 1 saturated carbocycles. The highest BCUT2D eigenvalue weighted by Crippen LogP contribution is 2.40. The van der Waals surface area contributed by atoms with Gasteiger partial charge in [0.25, 0.3) is 0 Å². The second-order valence-corrected chi connectivity index (χ2v) is 5.53. The van der Waals surface area contributed by atoms with E-state index in [1.165, 1.54) is 0 Å². The van der Waals surface area contributed by atoms with Gasteiger partial charge in [0.2, 0.25) is 0 Å². The molecule has 3 nitrogen and oxygen atoms in total. The number of ether oxygens (including phenoxy) is 1. The van der Waals surface area contributed by atoms with Gasteiger partial charge in [0.1, 0.15) is 11.4 Å². The molecule has 4 heteroatoms. The van der Waals surface area contributed by atoms with Crippen LogP contribution in [0.4, 0.5) is 0 Å². The first-order chi connectivity index (χ1) is 8.01. The number of aryl methyl sites for hydroxylation is 1. The molecular formula is C13H15BrO3. The second-order valence-electron chi connectivity index (χ2n) is 4.62. The van der Waals surface area contributed by atoms with Gasteiger partial charge in [-0.1, -0.05) is 15.9 Å². The van der Waals surface area contributed by atoms with Crippen molar-refractivity contribution in [3.8, 4) is 5.75 Å². The highest BCUT2D eigenvalue weighted by molar-refractivity contribution is 9.10. The maximum atomic E-state index is 10.8. The Kier molecular flexibility index (Phi) is 3.43. The molecule has 0 amide bonds. The fraction of sp³-hybridized carbons (Fsp3) is 0.462. The lowest BCUT2D eigenvalue weighted by Gasteiger charge is -2.41. The second kappa shape index (κ2) is 4.69. The molecule has 1 N–H and O–H groups in total. The quantitative estimate of drug-likeness (QED) is 0.925. The van der Waals surface area contributed by atoms with Gasteiger partial charge in [-0.05, 0) is 49.9 Å². The minimum Gasteiger partial charge on any atom is -0.486 e. The molecule has 2 rings (SSSR count). The molecule has 92 valence electrons. The number of hydrogen-bond donors (Lipinski definition) is 1. The van der Waals surface area contributed by atoms with Gasteiger partial charge in [-0.3, -0.25) is 4.79 Å². The smallest absolute Gasteiger partial charge is 0.307 e. The molecule has 1 fully saturated rings. The minimum atomic E-state index is -0.792. The molecule has 0 unspecified atom stereocenters. The summed E-state index contributed by atoms with van der Waals surface area (Å²) in [6.45, 7) is 1.97. The fourth-order valence-electron chi connectivity index (χ4n) is 2.12. The van der Waals surface area contributed by atoms with Crippen LogP contribution in [0.25, 0.3) is 0 Å². The van der Waals surface area contributed by atoms with Crippen molar-refractivity contribution in [2.45, 2.75) is 38.2 Å². The van der Waals surface area contributed by atoms with Gasteiger partial charge in [-0.2, -0.15) is 0 Å². The third-order valence-corrected chi connectivity index (χ3v) is 3.69. The van der Waals surface area contributed by atoms with Crippen molar-refractivity contribution in [2.75, 3.05) is 0 Å². The standard InChI is InChI=1S/C13H15BrO3/c1-9-7-10(14)3-4-11(9)17-13(5-2-6-13)8-12(15)16/h3-4,7H,2,5-6,8H2,1H3,(H,15,16). The monoisotopic (exact) mass is 298 g/mol. The molecule has 0 aromatic heterocycles. The van der Waals surface area contributed by atoms with Gasteiger partial charge >= 0.3 is 5.97 Å². The Labute approximate surface area is 109 Å². The SMILES string of the molecule is Cc1cc(Br)ccc1OC1(CC(=O)O)CCC1. The lowest BCUT2D eigenvalue weighted by molar-refractivity contribution is -0.144. The van der Waals surface area contributed by atoms with Crippen LogP contribution in [-0.4, -0.2) is 16.7 Å². The predicted molar refractivity (Wildman–Crippen MR) is 68.3 cm³/mol. The maximum Gasteiger partial charge on any atom is 0.307 e. The van der Waals surface area contributed by atoms with Crippen molar-refractivity contribution >= 4 is 21.9 Å². The third kappa shape index (κ3) is 2.80. The zero-order valence-corrected chi connectivity index (χ0v) is 11.3. The molecule has 0 aliphatic heterocycles. The molecule has 0 saturated heterocycles. The highest BCUT2D eigenvalue weighted by Gasteiger charge is 2.41. The van der Waals surface area contributed by atoms with Crippen LogP contribution in [0.5, 0.6) is 5.75 Å². The van der Waals surface area contributed by atoms with Crippen LogP contribution in [0.2, 0.25) is 0 Å². The van der Waals surface area contributed by atoms with E-state index < -0.39 is 11.6 Å². The molecule has 0 radical (unpaired) electrons. The Hall–Kier alpha value is -1.03.